The van der Waals surface area contributed by atoms with E-state index in [1.807, 2.05) is 32.0 Å². The summed E-state index contributed by atoms with van der Waals surface area (Å²) in [6, 6.07) is 15.2. The first-order valence-electron chi connectivity index (χ1n) is 8.79. The van der Waals surface area contributed by atoms with Crippen molar-refractivity contribution in [1.82, 2.24) is 5.32 Å². The molecule has 0 spiro atoms. The Morgan fingerprint density at radius 1 is 0.926 bits per heavy atom. The standard InChI is InChI=1S/C21H24N2O4/c1-14(2)17-11-7-8-12-18(17)23-19(24)13-27-21(26)15(3)22-20(25)16-9-5-4-6-10-16/h4-12,14-15H,13H2,1-3H3,(H,22,25)(H,23,24)/t15-/m0/s1. The first-order valence-corrected chi connectivity index (χ1v) is 8.79. The topological polar surface area (TPSA) is 84.5 Å². The van der Waals surface area contributed by atoms with Crippen molar-refractivity contribution in [3.8, 4) is 0 Å². The van der Waals surface area contributed by atoms with Crippen molar-refractivity contribution in [3.05, 3.63) is 65.7 Å². The van der Waals surface area contributed by atoms with Crippen molar-refractivity contribution in [2.24, 2.45) is 0 Å². The quantitative estimate of drug-likeness (QED) is 0.736. The largest absolute Gasteiger partial charge is 0.454 e. The van der Waals surface area contributed by atoms with E-state index in [-0.39, 0.29) is 11.8 Å². The fourth-order valence-electron chi connectivity index (χ4n) is 2.49. The Morgan fingerprint density at radius 3 is 2.22 bits per heavy atom. The van der Waals surface area contributed by atoms with Gasteiger partial charge in [0.15, 0.2) is 6.61 Å². The van der Waals surface area contributed by atoms with Crippen LogP contribution < -0.4 is 10.6 Å². The van der Waals surface area contributed by atoms with Gasteiger partial charge < -0.3 is 15.4 Å². The maximum Gasteiger partial charge on any atom is 0.328 e. The molecule has 0 unspecified atom stereocenters. The average Bonchev–Trinajstić information content (AvgIpc) is 2.66. The number of amides is 2. The molecule has 0 aromatic heterocycles. The first-order chi connectivity index (χ1) is 12.9. The van der Waals surface area contributed by atoms with E-state index in [2.05, 4.69) is 10.6 Å². The van der Waals surface area contributed by atoms with Gasteiger partial charge >= 0.3 is 5.97 Å². The minimum absolute atomic E-state index is 0.247. The molecule has 142 valence electrons. The number of anilines is 1. The van der Waals surface area contributed by atoms with Crippen LogP contribution in [0.1, 0.15) is 42.6 Å². The number of esters is 1. The van der Waals surface area contributed by atoms with E-state index in [4.69, 9.17) is 4.74 Å². The smallest absolute Gasteiger partial charge is 0.328 e. The Hall–Kier alpha value is -3.15. The molecule has 1 atom stereocenters. The summed E-state index contributed by atoms with van der Waals surface area (Å²) in [7, 11) is 0. The summed E-state index contributed by atoms with van der Waals surface area (Å²) in [5.41, 5.74) is 2.14. The van der Waals surface area contributed by atoms with E-state index in [0.29, 0.717) is 11.3 Å². The van der Waals surface area contributed by atoms with Gasteiger partial charge in [-0.3, -0.25) is 9.59 Å². The molecule has 0 bridgehead atoms. The number of benzene rings is 2. The molecule has 0 aliphatic heterocycles. The van der Waals surface area contributed by atoms with Crippen LogP contribution in [-0.4, -0.2) is 30.4 Å². The van der Waals surface area contributed by atoms with E-state index in [9.17, 15) is 14.4 Å². The zero-order chi connectivity index (χ0) is 19.8. The molecule has 0 heterocycles. The molecule has 2 aromatic carbocycles. The summed E-state index contributed by atoms with van der Waals surface area (Å²) in [6.07, 6.45) is 0. The highest BCUT2D eigenvalue weighted by atomic mass is 16.5. The highest BCUT2D eigenvalue weighted by Crippen LogP contribution is 2.23. The maximum absolute atomic E-state index is 12.1. The molecule has 6 heteroatoms. The molecule has 0 saturated heterocycles. The molecule has 2 amide bonds. The summed E-state index contributed by atoms with van der Waals surface area (Å²) < 4.78 is 5.01. The number of ether oxygens (including phenoxy) is 1. The number of hydrogen-bond acceptors (Lipinski definition) is 4. The van der Waals surface area contributed by atoms with Crippen LogP contribution in [0.4, 0.5) is 5.69 Å². The van der Waals surface area contributed by atoms with Crippen LogP contribution in [0.25, 0.3) is 0 Å². The number of rotatable bonds is 7. The van der Waals surface area contributed by atoms with Gasteiger partial charge in [0, 0.05) is 11.3 Å². The number of para-hydroxylation sites is 1. The van der Waals surface area contributed by atoms with Crippen molar-refractivity contribution < 1.29 is 19.1 Å². The van der Waals surface area contributed by atoms with Gasteiger partial charge in [-0.05, 0) is 36.6 Å². The van der Waals surface area contributed by atoms with Crippen molar-refractivity contribution in [1.29, 1.82) is 0 Å². The number of carbonyl (C=O) groups excluding carboxylic acids is 3. The van der Waals surface area contributed by atoms with Gasteiger partial charge in [-0.25, -0.2) is 4.79 Å². The lowest BCUT2D eigenvalue weighted by Gasteiger charge is -2.15. The second kappa shape index (κ2) is 9.52. The fourth-order valence-corrected chi connectivity index (χ4v) is 2.49. The van der Waals surface area contributed by atoms with Crippen LogP contribution in [0.15, 0.2) is 54.6 Å². The lowest BCUT2D eigenvalue weighted by Crippen LogP contribution is -2.40. The fraction of sp³-hybridized carbons (Fsp3) is 0.286. The molecular weight excluding hydrogens is 344 g/mol. The second-order valence-electron chi connectivity index (χ2n) is 6.46. The highest BCUT2D eigenvalue weighted by molar-refractivity contribution is 5.97. The van der Waals surface area contributed by atoms with Crippen LogP contribution in [0.5, 0.6) is 0 Å². The normalized spacial score (nSPS) is 11.6. The summed E-state index contributed by atoms with van der Waals surface area (Å²) in [5, 5.41) is 5.30. The SMILES string of the molecule is CC(C)c1ccccc1NC(=O)COC(=O)[C@H](C)NC(=O)c1ccccc1. The van der Waals surface area contributed by atoms with Gasteiger partial charge in [-0.15, -0.1) is 0 Å². The van der Waals surface area contributed by atoms with Crippen molar-refractivity contribution in [2.45, 2.75) is 32.7 Å². The van der Waals surface area contributed by atoms with Crippen LogP contribution >= 0.6 is 0 Å². The maximum atomic E-state index is 12.1. The molecule has 0 radical (unpaired) electrons. The minimum atomic E-state index is -0.867. The van der Waals surface area contributed by atoms with E-state index in [1.54, 1.807) is 36.4 Å². The number of nitrogens with one attached hydrogen (secondary N) is 2. The lowest BCUT2D eigenvalue weighted by molar-refractivity contribution is -0.148. The predicted octanol–water partition coefficient (Wildman–Crippen LogP) is 3.11. The van der Waals surface area contributed by atoms with Crippen LogP contribution in [0, 0.1) is 0 Å². The zero-order valence-corrected chi connectivity index (χ0v) is 15.7. The Bertz CT molecular complexity index is 803. The molecule has 0 aliphatic carbocycles. The third-order valence-electron chi connectivity index (χ3n) is 3.94. The Labute approximate surface area is 158 Å². The average molecular weight is 368 g/mol. The van der Waals surface area contributed by atoms with Crippen molar-refractivity contribution in [2.75, 3.05) is 11.9 Å². The van der Waals surface area contributed by atoms with Gasteiger partial charge in [0.2, 0.25) is 0 Å². The highest BCUT2D eigenvalue weighted by Gasteiger charge is 2.19. The molecule has 6 nitrogen and oxygen atoms in total. The van der Waals surface area contributed by atoms with Crippen LogP contribution in [-0.2, 0) is 14.3 Å². The van der Waals surface area contributed by atoms with E-state index < -0.39 is 24.5 Å². The van der Waals surface area contributed by atoms with Gasteiger partial charge in [0.05, 0.1) is 0 Å². The van der Waals surface area contributed by atoms with Crippen LogP contribution in [0.3, 0.4) is 0 Å². The monoisotopic (exact) mass is 368 g/mol. The number of hydrogen-bond donors (Lipinski definition) is 2. The lowest BCUT2D eigenvalue weighted by atomic mass is 10.0. The first kappa shape index (κ1) is 20.2. The van der Waals surface area contributed by atoms with E-state index in [1.165, 1.54) is 6.92 Å². The number of carbonyl (C=O) groups is 3. The van der Waals surface area contributed by atoms with Gasteiger partial charge in [-0.2, -0.15) is 0 Å². The summed E-state index contributed by atoms with van der Waals surface area (Å²) >= 11 is 0. The Balaban J connectivity index is 1.84. The van der Waals surface area contributed by atoms with E-state index >= 15 is 0 Å². The summed E-state index contributed by atoms with van der Waals surface area (Å²) in [5.74, 6) is -1.24. The Kier molecular flexibility index (Phi) is 7.11. The van der Waals surface area contributed by atoms with Gasteiger partial charge in [-0.1, -0.05) is 50.2 Å². The van der Waals surface area contributed by atoms with E-state index in [0.717, 1.165) is 5.56 Å². The van der Waals surface area contributed by atoms with Crippen LogP contribution in [0.2, 0.25) is 0 Å². The predicted molar refractivity (Wildman–Crippen MR) is 103 cm³/mol. The zero-order valence-electron chi connectivity index (χ0n) is 15.7. The summed E-state index contributed by atoms with van der Waals surface area (Å²) in [4.78, 5) is 36.1. The Morgan fingerprint density at radius 2 is 1.56 bits per heavy atom. The molecule has 0 saturated carbocycles. The summed E-state index contributed by atoms with van der Waals surface area (Å²) in [6.45, 7) is 5.15. The molecule has 0 aliphatic rings. The molecule has 2 N–H and O–H groups in total. The second-order valence-corrected chi connectivity index (χ2v) is 6.46. The molecule has 27 heavy (non-hydrogen) atoms. The molecule has 2 rings (SSSR count). The molecular formula is C21H24N2O4. The molecule has 0 fully saturated rings. The van der Waals surface area contributed by atoms with Gasteiger partial charge in [0.25, 0.3) is 11.8 Å². The van der Waals surface area contributed by atoms with Gasteiger partial charge in [0.1, 0.15) is 6.04 Å². The molecule has 2 aromatic rings. The van der Waals surface area contributed by atoms with Crippen molar-refractivity contribution in [3.63, 3.8) is 0 Å². The van der Waals surface area contributed by atoms with Crippen molar-refractivity contribution >= 4 is 23.5 Å². The minimum Gasteiger partial charge on any atom is -0.454 e. The third-order valence-corrected chi connectivity index (χ3v) is 3.94. The third kappa shape index (κ3) is 5.95.